The SMILES string of the molecule is C1=NCC(c2ccc(-c3cn[nH]c3)cc2)Nc2ccccc21. The van der Waals surface area contributed by atoms with Gasteiger partial charge in [-0.2, -0.15) is 5.10 Å². The summed E-state index contributed by atoms with van der Waals surface area (Å²) in [6, 6.07) is 17.0. The number of aromatic amines is 1. The molecule has 1 atom stereocenters. The first kappa shape index (κ1) is 12.8. The van der Waals surface area contributed by atoms with Crippen molar-refractivity contribution in [2.75, 3.05) is 11.9 Å². The summed E-state index contributed by atoms with van der Waals surface area (Å²) < 4.78 is 0. The van der Waals surface area contributed by atoms with Gasteiger partial charge in [0.05, 0.1) is 18.8 Å². The molecule has 1 unspecified atom stereocenters. The van der Waals surface area contributed by atoms with Crippen molar-refractivity contribution in [3.8, 4) is 11.1 Å². The van der Waals surface area contributed by atoms with Crippen molar-refractivity contribution >= 4 is 11.9 Å². The zero-order valence-corrected chi connectivity index (χ0v) is 12.0. The van der Waals surface area contributed by atoms with Crippen molar-refractivity contribution in [3.05, 3.63) is 72.1 Å². The number of hydrogen-bond acceptors (Lipinski definition) is 3. The molecule has 0 bridgehead atoms. The van der Waals surface area contributed by atoms with E-state index in [1.54, 1.807) is 0 Å². The summed E-state index contributed by atoms with van der Waals surface area (Å²) in [7, 11) is 0. The highest BCUT2D eigenvalue weighted by molar-refractivity contribution is 5.88. The van der Waals surface area contributed by atoms with Crippen LogP contribution >= 0.6 is 0 Å². The first-order valence-electron chi connectivity index (χ1n) is 7.35. The van der Waals surface area contributed by atoms with Gasteiger partial charge in [0, 0.05) is 29.2 Å². The molecule has 2 heterocycles. The molecule has 2 aromatic carbocycles. The van der Waals surface area contributed by atoms with Crippen LogP contribution in [0.25, 0.3) is 11.1 Å². The van der Waals surface area contributed by atoms with Gasteiger partial charge in [-0.05, 0) is 17.2 Å². The van der Waals surface area contributed by atoms with Gasteiger partial charge in [-0.3, -0.25) is 10.1 Å². The molecule has 22 heavy (non-hydrogen) atoms. The highest BCUT2D eigenvalue weighted by atomic mass is 15.1. The van der Waals surface area contributed by atoms with Crippen molar-refractivity contribution in [2.45, 2.75) is 6.04 Å². The van der Waals surface area contributed by atoms with Crippen molar-refractivity contribution in [1.29, 1.82) is 0 Å². The molecule has 0 saturated carbocycles. The maximum atomic E-state index is 4.54. The quantitative estimate of drug-likeness (QED) is 0.756. The van der Waals surface area contributed by atoms with Crippen LogP contribution in [0.4, 0.5) is 5.69 Å². The van der Waals surface area contributed by atoms with Crippen LogP contribution in [-0.2, 0) is 0 Å². The van der Waals surface area contributed by atoms with Gasteiger partial charge in [-0.25, -0.2) is 0 Å². The number of aromatic nitrogens is 2. The lowest BCUT2D eigenvalue weighted by Crippen LogP contribution is -2.13. The third-order valence-corrected chi connectivity index (χ3v) is 3.95. The minimum Gasteiger partial charge on any atom is -0.376 e. The van der Waals surface area contributed by atoms with Crippen LogP contribution in [0, 0.1) is 0 Å². The summed E-state index contributed by atoms with van der Waals surface area (Å²) in [6.45, 7) is 0.736. The fourth-order valence-electron chi connectivity index (χ4n) is 2.74. The second kappa shape index (κ2) is 5.48. The maximum Gasteiger partial charge on any atom is 0.0709 e. The van der Waals surface area contributed by atoms with E-state index in [1.165, 1.54) is 5.56 Å². The topological polar surface area (TPSA) is 53.1 Å². The molecule has 0 aliphatic carbocycles. The standard InChI is InChI=1S/C18H16N4/c1-2-4-17-15(3-1)9-19-12-18(22-17)14-7-5-13(6-8-14)16-10-20-21-11-16/h1-11,18,22H,12H2,(H,20,21). The number of fused-ring (bicyclic) bond motifs is 1. The average Bonchev–Trinajstić information content (AvgIpc) is 3.01. The smallest absolute Gasteiger partial charge is 0.0709 e. The zero-order valence-electron chi connectivity index (χ0n) is 12.0. The second-order valence-corrected chi connectivity index (χ2v) is 5.39. The van der Waals surface area contributed by atoms with Crippen LogP contribution in [0.3, 0.4) is 0 Å². The van der Waals surface area contributed by atoms with Crippen LogP contribution in [0.5, 0.6) is 0 Å². The largest absolute Gasteiger partial charge is 0.376 e. The van der Waals surface area contributed by atoms with E-state index in [-0.39, 0.29) is 6.04 Å². The number of benzodiazepines with no additional fused rings is 1. The van der Waals surface area contributed by atoms with E-state index < -0.39 is 0 Å². The first-order chi connectivity index (χ1) is 10.9. The summed E-state index contributed by atoms with van der Waals surface area (Å²) in [6.07, 6.45) is 5.68. The van der Waals surface area contributed by atoms with Gasteiger partial charge in [0.1, 0.15) is 0 Å². The average molecular weight is 288 g/mol. The van der Waals surface area contributed by atoms with Crippen LogP contribution < -0.4 is 5.32 Å². The number of anilines is 1. The van der Waals surface area contributed by atoms with Gasteiger partial charge in [-0.15, -0.1) is 0 Å². The zero-order chi connectivity index (χ0) is 14.8. The Labute approximate surface area is 128 Å². The summed E-state index contributed by atoms with van der Waals surface area (Å²) in [5.74, 6) is 0. The number of hydrogen-bond donors (Lipinski definition) is 2. The second-order valence-electron chi connectivity index (χ2n) is 5.39. The van der Waals surface area contributed by atoms with E-state index in [0.29, 0.717) is 0 Å². The lowest BCUT2D eigenvalue weighted by Gasteiger charge is -2.18. The van der Waals surface area contributed by atoms with E-state index in [0.717, 1.165) is 28.9 Å². The van der Waals surface area contributed by atoms with E-state index in [9.17, 15) is 0 Å². The summed E-state index contributed by atoms with van der Waals surface area (Å²) in [5, 5.41) is 10.4. The predicted molar refractivity (Wildman–Crippen MR) is 89.3 cm³/mol. The number of nitrogens with one attached hydrogen (secondary N) is 2. The molecule has 4 nitrogen and oxygen atoms in total. The molecular weight excluding hydrogens is 272 g/mol. The highest BCUT2D eigenvalue weighted by Crippen LogP contribution is 2.26. The Kier molecular flexibility index (Phi) is 3.20. The molecule has 108 valence electrons. The molecular formula is C18H16N4. The number of aliphatic imine (C=N–C) groups is 1. The third kappa shape index (κ3) is 2.39. The van der Waals surface area contributed by atoms with Gasteiger partial charge in [0.2, 0.25) is 0 Å². The Bertz CT molecular complexity index is 788. The summed E-state index contributed by atoms with van der Waals surface area (Å²) >= 11 is 0. The molecule has 4 rings (SSSR count). The van der Waals surface area contributed by atoms with E-state index >= 15 is 0 Å². The molecule has 0 amide bonds. The molecule has 0 spiro atoms. The van der Waals surface area contributed by atoms with Gasteiger partial charge >= 0.3 is 0 Å². The lowest BCUT2D eigenvalue weighted by atomic mass is 10.0. The van der Waals surface area contributed by atoms with Crippen LogP contribution in [0.2, 0.25) is 0 Å². The molecule has 3 aromatic rings. The number of benzene rings is 2. The minimum atomic E-state index is 0.193. The molecule has 0 fully saturated rings. The lowest BCUT2D eigenvalue weighted by molar-refractivity contribution is 0.799. The third-order valence-electron chi connectivity index (χ3n) is 3.95. The Hall–Kier alpha value is -2.88. The molecule has 2 N–H and O–H groups in total. The fraction of sp³-hybridized carbons (Fsp3) is 0.111. The Morgan fingerprint density at radius 1 is 0.955 bits per heavy atom. The number of nitrogens with zero attached hydrogens (tertiary/aromatic N) is 2. The van der Waals surface area contributed by atoms with Crippen LogP contribution in [0.15, 0.2) is 65.9 Å². The van der Waals surface area contributed by atoms with Crippen molar-refractivity contribution < 1.29 is 0 Å². The van der Waals surface area contributed by atoms with Crippen LogP contribution in [-0.4, -0.2) is 23.0 Å². The summed E-state index contributed by atoms with van der Waals surface area (Å²) in [4.78, 5) is 4.54. The van der Waals surface area contributed by atoms with Crippen molar-refractivity contribution in [2.24, 2.45) is 4.99 Å². The van der Waals surface area contributed by atoms with E-state index in [4.69, 9.17) is 0 Å². The monoisotopic (exact) mass is 288 g/mol. The fourth-order valence-corrected chi connectivity index (χ4v) is 2.74. The Balaban J connectivity index is 1.61. The van der Waals surface area contributed by atoms with Crippen LogP contribution in [0.1, 0.15) is 17.2 Å². The van der Waals surface area contributed by atoms with Crippen molar-refractivity contribution in [1.82, 2.24) is 10.2 Å². The molecule has 4 heteroatoms. The maximum absolute atomic E-state index is 4.54. The van der Waals surface area contributed by atoms with E-state index in [1.807, 2.05) is 30.7 Å². The van der Waals surface area contributed by atoms with Gasteiger partial charge < -0.3 is 5.32 Å². The van der Waals surface area contributed by atoms with Gasteiger partial charge in [-0.1, -0.05) is 42.5 Å². The summed E-state index contributed by atoms with van der Waals surface area (Å²) in [5.41, 5.74) is 5.77. The Morgan fingerprint density at radius 2 is 1.82 bits per heavy atom. The molecule has 1 aliphatic rings. The number of H-pyrrole nitrogens is 1. The predicted octanol–water partition coefficient (Wildman–Crippen LogP) is 3.66. The minimum absolute atomic E-state index is 0.193. The van der Waals surface area contributed by atoms with Gasteiger partial charge in [0.25, 0.3) is 0 Å². The molecule has 0 radical (unpaired) electrons. The number of para-hydroxylation sites is 1. The highest BCUT2D eigenvalue weighted by Gasteiger charge is 2.15. The van der Waals surface area contributed by atoms with E-state index in [2.05, 4.69) is 56.9 Å². The molecule has 0 saturated heterocycles. The Morgan fingerprint density at radius 3 is 2.64 bits per heavy atom. The normalized spacial score (nSPS) is 16.6. The van der Waals surface area contributed by atoms with Gasteiger partial charge in [0.15, 0.2) is 0 Å². The van der Waals surface area contributed by atoms with Crippen molar-refractivity contribution in [3.63, 3.8) is 0 Å². The first-order valence-corrected chi connectivity index (χ1v) is 7.35. The molecule has 1 aliphatic heterocycles. The molecule has 1 aromatic heterocycles. The number of rotatable bonds is 2.